The summed E-state index contributed by atoms with van der Waals surface area (Å²) in [5.74, 6) is -1.86. The van der Waals surface area contributed by atoms with Crippen molar-refractivity contribution >= 4 is 11.9 Å². The molecule has 0 aromatic carbocycles. The smallest absolute Gasteiger partial charge is 0.328 e. The molecule has 6 nitrogen and oxygen atoms in total. The molecular weight excluding hydrogens is 224 g/mol. The molecule has 0 saturated heterocycles. The molecule has 1 aromatic heterocycles. The molecule has 1 amide bonds. The van der Waals surface area contributed by atoms with Crippen molar-refractivity contribution in [1.82, 2.24) is 10.3 Å². The number of aliphatic carboxylic acids is 1. The standard InChI is InChI=1S/C11H14N2O4/c1-6-3-4-8(5-12-6)10(15)13-9(7(2)14)11(16)17/h3-5,7,9,14H,1-2H3,(H,13,15)(H,16,17). The fourth-order valence-electron chi connectivity index (χ4n) is 1.22. The topological polar surface area (TPSA) is 99.5 Å². The number of carbonyl (C=O) groups is 2. The monoisotopic (exact) mass is 238 g/mol. The first-order chi connectivity index (χ1) is 7.91. The Morgan fingerprint density at radius 2 is 2.06 bits per heavy atom. The number of aliphatic hydroxyl groups excluding tert-OH is 1. The third kappa shape index (κ3) is 3.53. The van der Waals surface area contributed by atoms with E-state index < -0.39 is 24.0 Å². The highest BCUT2D eigenvalue weighted by Crippen LogP contribution is 2.01. The van der Waals surface area contributed by atoms with Crippen LogP contribution in [-0.2, 0) is 4.79 Å². The van der Waals surface area contributed by atoms with E-state index in [1.54, 1.807) is 19.1 Å². The van der Waals surface area contributed by atoms with Crippen LogP contribution in [0.1, 0.15) is 23.0 Å². The molecule has 0 saturated carbocycles. The maximum absolute atomic E-state index is 11.6. The van der Waals surface area contributed by atoms with Crippen molar-refractivity contribution in [1.29, 1.82) is 0 Å². The number of pyridine rings is 1. The zero-order chi connectivity index (χ0) is 13.0. The molecule has 0 aliphatic rings. The van der Waals surface area contributed by atoms with Crippen LogP contribution in [0.25, 0.3) is 0 Å². The number of hydrogen-bond acceptors (Lipinski definition) is 4. The second-order valence-electron chi connectivity index (χ2n) is 3.72. The number of nitrogens with zero attached hydrogens (tertiary/aromatic N) is 1. The van der Waals surface area contributed by atoms with Crippen LogP contribution >= 0.6 is 0 Å². The summed E-state index contributed by atoms with van der Waals surface area (Å²) in [5, 5.41) is 20.2. The summed E-state index contributed by atoms with van der Waals surface area (Å²) in [4.78, 5) is 26.3. The minimum atomic E-state index is -1.33. The molecule has 0 radical (unpaired) electrons. The van der Waals surface area contributed by atoms with Crippen LogP contribution in [0, 0.1) is 6.92 Å². The number of aryl methyl sites for hydroxylation is 1. The number of aliphatic hydroxyl groups is 1. The third-order valence-corrected chi connectivity index (χ3v) is 2.21. The molecule has 2 atom stereocenters. The number of rotatable bonds is 4. The number of carbonyl (C=O) groups excluding carboxylic acids is 1. The highest BCUT2D eigenvalue weighted by Gasteiger charge is 2.25. The Labute approximate surface area is 98.3 Å². The van der Waals surface area contributed by atoms with Gasteiger partial charge in [-0.15, -0.1) is 0 Å². The molecule has 0 fully saturated rings. The maximum atomic E-state index is 11.6. The fourth-order valence-corrected chi connectivity index (χ4v) is 1.22. The summed E-state index contributed by atoms with van der Waals surface area (Å²) in [6, 6.07) is 1.86. The van der Waals surface area contributed by atoms with Gasteiger partial charge in [0.25, 0.3) is 5.91 Å². The molecule has 17 heavy (non-hydrogen) atoms. The normalized spacial score (nSPS) is 13.8. The van der Waals surface area contributed by atoms with Crippen molar-refractivity contribution in [3.05, 3.63) is 29.6 Å². The number of aromatic nitrogens is 1. The Kier molecular flexibility index (Phi) is 4.17. The predicted octanol–water partition coefficient (Wildman–Crippen LogP) is -0.0462. The zero-order valence-electron chi connectivity index (χ0n) is 9.54. The molecule has 0 spiro atoms. The van der Waals surface area contributed by atoms with Gasteiger partial charge < -0.3 is 15.5 Å². The van der Waals surface area contributed by atoms with Crippen molar-refractivity contribution in [2.45, 2.75) is 26.0 Å². The second kappa shape index (κ2) is 5.40. The van der Waals surface area contributed by atoms with Crippen LogP contribution < -0.4 is 5.32 Å². The van der Waals surface area contributed by atoms with Gasteiger partial charge in [-0.2, -0.15) is 0 Å². The molecule has 1 aromatic rings. The first-order valence-corrected chi connectivity index (χ1v) is 5.06. The lowest BCUT2D eigenvalue weighted by atomic mass is 10.1. The lowest BCUT2D eigenvalue weighted by Crippen LogP contribution is -2.47. The van der Waals surface area contributed by atoms with E-state index in [0.29, 0.717) is 0 Å². The third-order valence-electron chi connectivity index (χ3n) is 2.21. The summed E-state index contributed by atoms with van der Waals surface area (Å²) >= 11 is 0. The molecule has 92 valence electrons. The lowest BCUT2D eigenvalue weighted by Gasteiger charge is -2.16. The van der Waals surface area contributed by atoms with Gasteiger partial charge in [0.15, 0.2) is 6.04 Å². The van der Waals surface area contributed by atoms with Crippen LogP contribution in [0.5, 0.6) is 0 Å². The summed E-state index contributed by atoms with van der Waals surface area (Å²) in [6.45, 7) is 3.07. The van der Waals surface area contributed by atoms with Crippen molar-refractivity contribution in [2.75, 3.05) is 0 Å². The van der Waals surface area contributed by atoms with Gasteiger partial charge in [-0.05, 0) is 26.0 Å². The molecule has 1 rings (SSSR count). The zero-order valence-corrected chi connectivity index (χ0v) is 9.54. The van der Waals surface area contributed by atoms with Crippen LogP contribution in [0.2, 0.25) is 0 Å². The molecule has 0 aliphatic carbocycles. The van der Waals surface area contributed by atoms with Gasteiger partial charge in [0.2, 0.25) is 0 Å². The first kappa shape index (κ1) is 13.1. The van der Waals surface area contributed by atoms with E-state index >= 15 is 0 Å². The number of carboxylic acid groups (broad SMARTS) is 1. The minimum absolute atomic E-state index is 0.252. The molecule has 1 heterocycles. The molecule has 0 bridgehead atoms. The first-order valence-electron chi connectivity index (χ1n) is 5.06. The molecule has 0 aliphatic heterocycles. The number of amides is 1. The second-order valence-corrected chi connectivity index (χ2v) is 3.72. The average Bonchev–Trinajstić information content (AvgIpc) is 2.25. The van der Waals surface area contributed by atoms with E-state index in [1.807, 2.05) is 0 Å². The summed E-state index contributed by atoms with van der Waals surface area (Å²) in [7, 11) is 0. The van der Waals surface area contributed by atoms with E-state index in [0.717, 1.165) is 5.69 Å². The predicted molar refractivity (Wildman–Crippen MR) is 59.5 cm³/mol. The van der Waals surface area contributed by atoms with Gasteiger partial charge in [-0.1, -0.05) is 0 Å². The van der Waals surface area contributed by atoms with E-state index in [9.17, 15) is 14.7 Å². The van der Waals surface area contributed by atoms with Gasteiger partial charge in [-0.3, -0.25) is 9.78 Å². The van der Waals surface area contributed by atoms with E-state index in [1.165, 1.54) is 13.1 Å². The highest BCUT2D eigenvalue weighted by molar-refractivity contribution is 5.96. The van der Waals surface area contributed by atoms with Crippen molar-refractivity contribution in [3.8, 4) is 0 Å². The minimum Gasteiger partial charge on any atom is -0.480 e. The van der Waals surface area contributed by atoms with Gasteiger partial charge in [0.05, 0.1) is 11.7 Å². The van der Waals surface area contributed by atoms with Crippen molar-refractivity contribution in [3.63, 3.8) is 0 Å². The van der Waals surface area contributed by atoms with Crippen LogP contribution in [0.3, 0.4) is 0 Å². The quantitative estimate of drug-likeness (QED) is 0.683. The summed E-state index contributed by atoms with van der Waals surface area (Å²) in [6.07, 6.45) is 0.181. The van der Waals surface area contributed by atoms with E-state index in [4.69, 9.17) is 5.11 Å². The van der Waals surface area contributed by atoms with Gasteiger partial charge in [0, 0.05) is 11.9 Å². The SMILES string of the molecule is Cc1ccc(C(=O)NC(C(=O)O)C(C)O)cn1. The lowest BCUT2D eigenvalue weighted by molar-refractivity contribution is -0.141. The Balaban J connectivity index is 2.77. The Bertz CT molecular complexity index is 414. The van der Waals surface area contributed by atoms with Gasteiger partial charge >= 0.3 is 5.97 Å². The fraction of sp³-hybridized carbons (Fsp3) is 0.364. The van der Waals surface area contributed by atoms with Crippen LogP contribution in [-0.4, -0.2) is 39.2 Å². The van der Waals surface area contributed by atoms with E-state index in [-0.39, 0.29) is 5.56 Å². The summed E-state index contributed by atoms with van der Waals surface area (Å²) in [5.41, 5.74) is 1.01. The number of carboxylic acids is 1. The van der Waals surface area contributed by atoms with Crippen molar-refractivity contribution in [2.24, 2.45) is 0 Å². The molecule has 2 unspecified atom stereocenters. The highest BCUT2D eigenvalue weighted by atomic mass is 16.4. The average molecular weight is 238 g/mol. The van der Waals surface area contributed by atoms with Gasteiger partial charge in [-0.25, -0.2) is 4.79 Å². The molecule has 3 N–H and O–H groups in total. The molecular formula is C11H14N2O4. The Morgan fingerprint density at radius 1 is 1.41 bits per heavy atom. The Hall–Kier alpha value is -1.95. The van der Waals surface area contributed by atoms with Gasteiger partial charge in [0.1, 0.15) is 0 Å². The number of nitrogens with one attached hydrogen (secondary N) is 1. The van der Waals surface area contributed by atoms with E-state index in [2.05, 4.69) is 10.3 Å². The molecule has 6 heteroatoms. The Morgan fingerprint density at radius 3 is 2.47 bits per heavy atom. The summed E-state index contributed by atoms with van der Waals surface area (Å²) < 4.78 is 0. The van der Waals surface area contributed by atoms with Crippen LogP contribution in [0.15, 0.2) is 18.3 Å². The van der Waals surface area contributed by atoms with Crippen molar-refractivity contribution < 1.29 is 19.8 Å². The van der Waals surface area contributed by atoms with Crippen LogP contribution in [0.4, 0.5) is 0 Å². The maximum Gasteiger partial charge on any atom is 0.328 e. The largest absolute Gasteiger partial charge is 0.480 e. The number of hydrogen-bond donors (Lipinski definition) is 3.